The van der Waals surface area contributed by atoms with Crippen LogP contribution in [0.3, 0.4) is 0 Å². The first-order valence-electron chi connectivity index (χ1n) is 5.18. The molecule has 0 aromatic heterocycles. The van der Waals surface area contributed by atoms with Crippen molar-refractivity contribution in [2.24, 2.45) is 0 Å². The van der Waals surface area contributed by atoms with Crippen molar-refractivity contribution in [1.29, 1.82) is 0 Å². The number of halogens is 1. The van der Waals surface area contributed by atoms with Crippen molar-refractivity contribution in [1.82, 2.24) is 4.90 Å². The number of carbonyl (C=O) groups is 1. The van der Waals surface area contributed by atoms with Crippen LogP contribution in [-0.2, 0) is 13.0 Å². The van der Waals surface area contributed by atoms with Gasteiger partial charge in [0, 0.05) is 10.0 Å². The Bertz CT molecular complexity index is 443. The first-order valence-corrected chi connectivity index (χ1v) is 5.98. The molecule has 0 saturated carbocycles. The summed E-state index contributed by atoms with van der Waals surface area (Å²) in [5.74, 6) is 0. The fourth-order valence-electron chi connectivity index (χ4n) is 2.21. The van der Waals surface area contributed by atoms with Crippen molar-refractivity contribution in [3.05, 3.63) is 33.8 Å². The second-order valence-electron chi connectivity index (χ2n) is 4.74. The highest BCUT2D eigenvalue weighted by molar-refractivity contribution is 9.10. The topological polar surface area (TPSA) is 40.5 Å². The molecular formula is C12H14BrNO2. The number of hydrogen-bond acceptors (Lipinski definition) is 1. The zero-order chi connectivity index (χ0) is 11.9. The van der Waals surface area contributed by atoms with Crippen LogP contribution in [0.4, 0.5) is 4.79 Å². The molecule has 1 aromatic rings. The average Bonchev–Trinajstić information content (AvgIpc) is 2.15. The Morgan fingerprint density at radius 1 is 1.50 bits per heavy atom. The van der Waals surface area contributed by atoms with Gasteiger partial charge in [0.1, 0.15) is 0 Å². The summed E-state index contributed by atoms with van der Waals surface area (Å²) in [7, 11) is 0. The number of amides is 1. The maximum Gasteiger partial charge on any atom is 0.408 e. The molecule has 0 bridgehead atoms. The summed E-state index contributed by atoms with van der Waals surface area (Å²) in [4.78, 5) is 12.7. The molecule has 0 spiro atoms. The van der Waals surface area contributed by atoms with Gasteiger partial charge in [-0.3, -0.25) is 4.90 Å². The van der Waals surface area contributed by atoms with E-state index in [0.29, 0.717) is 6.54 Å². The summed E-state index contributed by atoms with van der Waals surface area (Å²) in [6.07, 6.45) is -0.0972. The fourth-order valence-corrected chi connectivity index (χ4v) is 2.74. The monoisotopic (exact) mass is 283 g/mol. The van der Waals surface area contributed by atoms with E-state index < -0.39 is 6.09 Å². The summed E-state index contributed by atoms with van der Waals surface area (Å²) in [6, 6.07) is 6.02. The summed E-state index contributed by atoms with van der Waals surface area (Å²) >= 11 is 3.48. The molecule has 2 rings (SSSR count). The zero-order valence-electron chi connectivity index (χ0n) is 9.33. The number of hydrogen-bond donors (Lipinski definition) is 1. The largest absolute Gasteiger partial charge is 0.465 e. The Morgan fingerprint density at radius 2 is 2.19 bits per heavy atom. The molecule has 4 heteroatoms. The molecule has 0 unspecified atom stereocenters. The van der Waals surface area contributed by atoms with Crippen LogP contribution in [0.2, 0.25) is 0 Å². The van der Waals surface area contributed by atoms with Crippen molar-refractivity contribution >= 4 is 22.0 Å². The highest BCUT2D eigenvalue weighted by atomic mass is 79.9. The van der Waals surface area contributed by atoms with Gasteiger partial charge in [-0.2, -0.15) is 0 Å². The zero-order valence-corrected chi connectivity index (χ0v) is 10.9. The molecule has 1 aliphatic heterocycles. The lowest BCUT2D eigenvalue weighted by Gasteiger charge is -2.41. The quantitative estimate of drug-likeness (QED) is 0.794. The van der Waals surface area contributed by atoms with Crippen molar-refractivity contribution in [3.63, 3.8) is 0 Å². The average molecular weight is 284 g/mol. The maximum absolute atomic E-state index is 11.2. The highest BCUT2D eigenvalue weighted by Crippen LogP contribution is 2.34. The third kappa shape index (κ3) is 1.82. The molecule has 86 valence electrons. The molecule has 0 aliphatic carbocycles. The van der Waals surface area contributed by atoms with Gasteiger partial charge in [-0.25, -0.2) is 4.79 Å². The van der Waals surface area contributed by atoms with Crippen molar-refractivity contribution < 1.29 is 9.90 Å². The molecule has 16 heavy (non-hydrogen) atoms. The lowest BCUT2D eigenvalue weighted by atomic mass is 9.86. The molecule has 1 heterocycles. The standard InChI is InChI=1S/C12H14BrNO2/c1-12(2)6-8-4-3-5-10(13)9(8)7-14(12)11(15)16/h3-5H,6-7H2,1-2H3,(H,15,16). The van der Waals surface area contributed by atoms with Crippen molar-refractivity contribution in [2.75, 3.05) is 0 Å². The lowest BCUT2D eigenvalue weighted by Crippen LogP contribution is -2.51. The van der Waals surface area contributed by atoms with E-state index in [-0.39, 0.29) is 5.54 Å². The predicted molar refractivity (Wildman–Crippen MR) is 65.5 cm³/mol. The van der Waals surface area contributed by atoms with E-state index in [9.17, 15) is 9.90 Å². The van der Waals surface area contributed by atoms with E-state index in [1.807, 2.05) is 26.0 Å². The van der Waals surface area contributed by atoms with E-state index in [1.165, 1.54) is 10.5 Å². The molecule has 1 aromatic carbocycles. The molecular weight excluding hydrogens is 270 g/mol. The number of benzene rings is 1. The van der Waals surface area contributed by atoms with Gasteiger partial charge in [0.05, 0.1) is 6.54 Å². The summed E-state index contributed by atoms with van der Waals surface area (Å²) in [5, 5.41) is 9.20. The van der Waals surface area contributed by atoms with Gasteiger partial charge >= 0.3 is 6.09 Å². The van der Waals surface area contributed by atoms with Crippen LogP contribution in [0.5, 0.6) is 0 Å². The van der Waals surface area contributed by atoms with Gasteiger partial charge in [0.15, 0.2) is 0 Å². The molecule has 3 nitrogen and oxygen atoms in total. The van der Waals surface area contributed by atoms with Crippen LogP contribution in [0.1, 0.15) is 25.0 Å². The first kappa shape index (κ1) is 11.5. The van der Waals surface area contributed by atoms with Gasteiger partial charge in [0.2, 0.25) is 0 Å². The summed E-state index contributed by atoms with van der Waals surface area (Å²) < 4.78 is 0.992. The lowest BCUT2D eigenvalue weighted by molar-refractivity contribution is 0.0798. The number of fused-ring (bicyclic) bond motifs is 1. The van der Waals surface area contributed by atoms with Crippen LogP contribution >= 0.6 is 15.9 Å². The third-order valence-corrected chi connectivity index (χ3v) is 3.86. The SMILES string of the molecule is CC1(C)Cc2cccc(Br)c2CN1C(=O)O. The molecule has 0 saturated heterocycles. The van der Waals surface area contributed by atoms with Gasteiger partial charge in [0.25, 0.3) is 0 Å². The fraction of sp³-hybridized carbons (Fsp3) is 0.417. The van der Waals surface area contributed by atoms with Gasteiger partial charge in [-0.15, -0.1) is 0 Å². The Morgan fingerprint density at radius 3 is 2.81 bits per heavy atom. The molecule has 1 aliphatic rings. The summed E-state index contributed by atoms with van der Waals surface area (Å²) in [6.45, 7) is 4.38. The Hall–Kier alpha value is -1.03. The number of rotatable bonds is 0. The Balaban J connectivity index is 2.47. The van der Waals surface area contributed by atoms with Gasteiger partial charge in [-0.1, -0.05) is 28.1 Å². The molecule has 1 N–H and O–H groups in total. The van der Waals surface area contributed by atoms with E-state index in [2.05, 4.69) is 22.0 Å². The Kier molecular flexibility index (Phi) is 2.70. The normalized spacial score (nSPS) is 18.1. The Labute approximate surface area is 103 Å². The van der Waals surface area contributed by atoms with Crippen LogP contribution in [0.25, 0.3) is 0 Å². The third-order valence-electron chi connectivity index (χ3n) is 3.12. The highest BCUT2D eigenvalue weighted by Gasteiger charge is 2.36. The van der Waals surface area contributed by atoms with E-state index in [4.69, 9.17) is 0 Å². The second kappa shape index (κ2) is 3.77. The predicted octanol–water partition coefficient (Wildman–Crippen LogP) is 3.26. The van der Waals surface area contributed by atoms with E-state index >= 15 is 0 Å². The van der Waals surface area contributed by atoms with Crippen molar-refractivity contribution in [3.8, 4) is 0 Å². The first-order chi connectivity index (χ1) is 7.42. The smallest absolute Gasteiger partial charge is 0.408 e. The number of nitrogens with zero attached hydrogens (tertiary/aromatic N) is 1. The minimum atomic E-state index is -0.855. The molecule has 0 atom stereocenters. The molecule has 0 radical (unpaired) electrons. The van der Waals surface area contributed by atoms with Crippen LogP contribution < -0.4 is 0 Å². The minimum Gasteiger partial charge on any atom is -0.465 e. The second-order valence-corrected chi connectivity index (χ2v) is 5.59. The van der Waals surface area contributed by atoms with Crippen LogP contribution in [-0.4, -0.2) is 21.6 Å². The van der Waals surface area contributed by atoms with Crippen molar-refractivity contribution in [2.45, 2.75) is 32.4 Å². The maximum atomic E-state index is 11.2. The van der Waals surface area contributed by atoms with Crippen LogP contribution in [0.15, 0.2) is 22.7 Å². The molecule has 0 fully saturated rings. The van der Waals surface area contributed by atoms with Crippen LogP contribution in [0, 0.1) is 0 Å². The number of carboxylic acid groups (broad SMARTS) is 1. The minimum absolute atomic E-state index is 0.334. The van der Waals surface area contributed by atoms with Gasteiger partial charge in [-0.05, 0) is 37.5 Å². The van der Waals surface area contributed by atoms with E-state index in [0.717, 1.165) is 16.5 Å². The van der Waals surface area contributed by atoms with Gasteiger partial charge < -0.3 is 5.11 Å². The van der Waals surface area contributed by atoms with E-state index in [1.54, 1.807) is 0 Å². The molecule has 1 amide bonds. The summed E-state index contributed by atoms with van der Waals surface area (Å²) in [5.41, 5.74) is 1.99.